The van der Waals surface area contributed by atoms with Crippen molar-refractivity contribution in [3.8, 4) is 0 Å². The minimum absolute atomic E-state index is 0.137. The van der Waals surface area contributed by atoms with Crippen molar-refractivity contribution in [3.63, 3.8) is 0 Å². The van der Waals surface area contributed by atoms with Crippen molar-refractivity contribution < 1.29 is 0 Å². The monoisotopic (exact) mass is 310 g/mol. The van der Waals surface area contributed by atoms with Crippen molar-refractivity contribution in [2.75, 3.05) is 0 Å². The van der Waals surface area contributed by atoms with Crippen LogP contribution in [0.2, 0.25) is 5.02 Å². The molecule has 1 unspecified atom stereocenters. The number of nitrogens with two attached hydrogens (primary N) is 1. The third kappa shape index (κ3) is 3.06. The van der Waals surface area contributed by atoms with E-state index >= 15 is 0 Å². The fourth-order valence-corrected chi connectivity index (χ4v) is 2.83. The highest BCUT2D eigenvalue weighted by Crippen LogP contribution is 2.30. The zero-order valence-corrected chi connectivity index (χ0v) is 11.4. The lowest BCUT2D eigenvalue weighted by Crippen LogP contribution is -2.14. The molecule has 0 saturated carbocycles. The van der Waals surface area contributed by atoms with Gasteiger partial charge < -0.3 is 5.73 Å². The Labute approximate surface area is 114 Å². The van der Waals surface area contributed by atoms with Gasteiger partial charge in [-0.2, -0.15) is 0 Å². The van der Waals surface area contributed by atoms with Crippen LogP contribution in [0.1, 0.15) is 17.2 Å². The van der Waals surface area contributed by atoms with E-state index in [1.54, 1.807) is 6.20 Å². The number of halogens is 2. The van der Waals surface area contributed by atoms with Gasteiger partial charge in [-0.15, -0.1) is 0 Å². The maximum Gasteiger partial charge on any atom is 0.0465 e. The Morgan fingerprint density at radius 1 is 1.29 bits per heavy atom. The van der Waals surface area contributed by atoms with Crippen molar-refractivity contribution in [3.05, 3.63) is 63.3 Å². The van der Waals surface area contributed by atoms with Crippen molar-refractivity contribution >= 4 is 27.5 Å². The van der Waals surface area contributed by atoms with Crippen LogP contribution in [0.3, 0.4) is 0 Å². The molecule has 0 amide bonds. The first-order valence-electron chi connectivity index (χ1n) is 5.27. The smallest absolute Gasteiger partial charge is 0.0465 e. The van der Waals surface area contributed by atoms with Gasteiger partial charge in [-0.05, 0) is 30.2 Å². The van der Waals surface area contributed by atoms with Gasteiger partial charge in [0, 0.05) is 33.5 Å². The number of hydrogen-bond donors (Lipinski definition) is 1. The first-order valence-corrected chi connectivity index (χ1v) is 6.44. The van der Waals surface area contributed by atoms with E-state index < -0.39 is 0 Å². The number of hydrogen-bond acceptors (Lipinski definition) is 2. The van der Waals surface area contributed by atoms with E-state index in [0.717, 1.165) is 22.0 Å². The highest BCUT2D eigenvalue weighted by molar-refractivity contribution is 9.10. The zero-order valence-electron chi connectivity index (χ0n) is 9.11. The van der Waals surface area contributed by atoms with E-state index in [1.807, 2.05) is 36.5 Å². The van der Waals surface area contributed by atoms with E-state index in [2.05, 4.69) is 20.9 Å². The van der Waals surface area contributed by atoms with Crippen molar-refractivity contribution in [1.82, 2.24) is 4.98 Å². The molecule has 2 N–H and O–H groups in total. The van der Waals surface area contributed by atoms with Crippen LogP contribution in [-0.4, -0.2) is 4.98 Å². The van der Waals surface area contributed by atoms with Crippen LogP contribution in [0.4, 0.5) is 0 Å². The zero-order chi connectivity index (χ0) is 12.3. The molecule has 1 aromatic carbocycles. The van der Waals surface area contributed by atoms with Crippen molar-refractivity contribution in [2.45, 2.75) is 12.5 Å². The van der Waals surface area contributed by atoms with Crippen LogP contribution in [0.25, 0.3) is 0 Å². The third-order valence-corrected chi connectivity index (χ3v) is 3.57. The maximum atomic E-state index is 6.19. The number of benzene rings is 1. The fraction of sp³-hybridized carbons (Fsp3) is 0.154. The molecule has 0 radical (unpaired) electrons. The van der Waals surface area contributed by atoms with Crippen LogP contribution in [0.5, 0.6) is 0 Å². The van der Waals surface area contributed by atoms with Crippen LogP contribution in [0, 0.1) is 0 Å². The molecular weight excluding hydrogens is 300 g/mol. The average Bonchev–Trinajstić information content (AvgIpc) is 2.30. The highest BCUT2D eigenvalue weighted by atomic mass is 79.9. The van der Waals surface area contributed by atoms with Gasteiger partial charge in [-0.1, -0.05) is 39.7 Å². The standard InChI is InChI=1S/C13H12BrClN2/c14-10-4-1-5-11(15)13(10)12(16)7-9-3-2-6-17-8-9/h1-6,8,12H,7,16H2. The fourth-order valence-electron chi connectivity index (χ4n) is 1.74. The van der Waals surface area contributed by atoms with E-state index in [9.17, 15) is 0 Å². The summed E-state index contributed by atoms with van der Waals surface area (Å²) in [5.41, 5.74) is 8.23. The molecule has 0 fully saturated rings. The summed E-state index contributed by atoms with van der Waals surface area (Å²) < 4.78 is 0.946. The highest BCUT2D eigenvalue weighted by Gasteiger charge is 2.14. The molecule has 2 aromatic rings. The van der Waals surface area contributed by atoms with Crippen molar-refractivity contribution in [2.24, 2.45) is 5.73 Å². The Kier molecular flexibility index (Phi) is 4.15. The average molecular weight is 312 g/mol. The van der Waals surface area contributed by atoms with Gasteiger partial charge in [0.05, 0.1) is 0 Å². The van der Waals surface area contributed by atoms with Gasteiger partial charge in [0.1, 0.15) is 0 Å². The second-order valence-electron chi connectivity index (χ2n) is 3.81. The van der Waals surface area contributed by atoms with E-state index in [1.165, 1.54) is 0 Å². The molecule has 88 valence electrons. The van der Waals surface area contributed by atoms with Crippen LogP contribution >= 0.6 is 27.5 Å². The molecule has 4 heteroatoms. The minimum atomic E-state index is -0.137. The quantitative estimate of drug-likeness (QED) is 0.938. The minimum Gasteiger partial charge on any atom is -0.324 e. The molecule has 0 aliphatic carbocycles. The lowest BCUT2D eigenvalue weighted by molar-refractivity contribution is 0.716. The second kappa shape index (κ2) is 5.63. The number of pyridine rings is 1. The Bertz CT molecular complexity index is 482. The predicted molar refractivity (Wildman–Crippen MR) is 74.0 cm³/mol. The van der Waals surface area contributed by atoms with Crippen LogP contribution in [0.15, 0.2) is 47.2 Å². The summed E-state index contributed by atoms with van der Waals surface area (Å²) in [5.74, 6) is 0. The molecule has 0 spiro atoms. The van der Waals surface area contributed by atoms with Crippen molar-refractivity contribution in [1.29, 1.82) is 0 Å². The third-order valence-electron chi connectivity index (χ3n) is 2.55. The van der Waals surface area contributed by atoms with Gasteiger partial charge in [-0.25, -0.2) is 0 Å². The molecule has 2 rings (SSSR count). The molecule has 1 atom stereocenters. The van der Waals surface area contributed by atoms with E-state index in [0.29, 0.717) is 5.02 Å². The molecule has 17 heavy (non-hydrogen) atoms. The predicted octanol–water partition coefficient (Wildman–Crippen LogP) is 3.74. The first-order chi connectivity index (χ1) is 8.18. The lowest BCUT2D eigenvalue weighted by atomic mass is 10.0. The SMILES string of the molecule is NC(Cc1cccnc1)c1c(Cl)cccc1Br. The second-order valence-corrected chi connectivity index (χ2v) is 5.07. The van der Waals surface area contributed by atoms with Crippen LogP contribution < -0.4 is 5.73 Å². The van der Waals surface area contributed by atoms with Gasteiger partial charge >= 0.3 is 0 Å². The Hall–Kier alpha value is -0.900. The number of aromatic nitrogens is 1. The summed E-state index contributed by atoms with van der Waals surface area (Å²) in [6.07, 6.45) is 4.29. The Morgan fingerprint density at radius 2 is 2.12 bits per heavy atom. The first kappa shape index (κ1) is 12.6. The van der Waals surface area contributed by atoms with Crippen LogP contribution in [-0.2, 0) is 6.42 Å². The van der Waals surface area contributed by atoms with Gasteiger partial charge in [0.15, 0.2) is 0 Å². The number of nitrogens with zero attached hydrogens (tertiary/aromatic N) is 1. The summed E-state index contributed by atoms with van der Waals surface area (Å²) in [6.45, 7) is 0. The normalized spacial score (nSPS) is 12.4. The molecule has 0 saturated heterocycles. The van der Waals surface area contributed by atoms with Gasteiger partial charge in [-0.3, -0.25) is 4.98 Å². The van der Waals surface area contributed by atoms with Gasteiger partial charge in [0.25, 0.3) is 0 Å². The molecule has 0 aliphatic heterocycles. The molecule has 2 nitrogen and oxygen atoms in total. The summed E-state index contributed by atoms with van der Waals surface area (Å²) in [4.78, 5) is 4.08. The lowest BCUT2D eigenvalue weighted by Gasteiger charge is -2.15. The molecule has 0 aliphatic rings. The Balaban J connectivity index is 2.23. The van der Waals surface area contributed by atoms with Gasteiger partial charge in [0.2, 0.25) is 0 Å². The van der Waals surface area contributed by atoms with E-state index in [4.69, 9.17) is 17.3 Å². The Morgan fingerprint density at radius 3 is 2.76 bits per heavy atom. The summed E-state index contributed by atoms with van der Waals surface area (Å²) in [7, 11) is 0. The molecule has 1 heterocycles. The summed E-state index contributed by atoms with van der Waals surface area (Å²) in [6, 6.07) is 9.48. The molecular formula is C13H12BrClN2. The maximum absolute atomic E-state index is 6.19. The van der Waals surface area contributed by atoms with E-state index in [-0.39, 0.29) is 6.04 Å². The topological polar surface area (TPSA) is 38.9 Å². The molecule has 0 bridgehead atoms. The molecule has 1 aromatic heterocycles. The number of rotatable bonds is 3. The summed E-state index contributed by atoms with van der Waals surface area (Å²) in [5, 5.41) is 0.691. The largest absolute Gasteiger partial charge is 0.324 e. The summed E-state index contributed by atoms with van der Waals surface area (Å²) >= 11 is 9.65.